The molecule has 6 heteroatoms. The summed E-state index contributed by atoms with van der Waals surface area (Å²) >= 11 is 1.65. The second-order valence-corrected chi connectivity index (χ2v) is 8.69. The van der Waals surface area contributed by atoms with Gasteiger partial charge in [-0.05, 0) is 54.6 Å². The highest BCUT2D eigenvalue weighted by atomic mass is 32.1. The molecule has 2 aromatic heterocycles. The van der Waals surface area contributed by atoms with E-state index in [1.807, 2.05) is 48.7 Å². The van der Waals surface area contributed by atoms with Crippen LogP contribution in [-0.4, -0.2) is 39.1 Å². The van der Waals surface area contributed by atoms with E-state index in [0.29, 0.717) is 12.0 Å². The van der Waals surface area contributed by atoms with Crippen molar-refractivity contribution in [2.24, 2.45) is 0 Å². The number of rotatable bonds is 5. The standard InChI is InChI=1S/C23H25N3O2S/c1-23(28)11-14-26(16-17-9-12-24-13-10-17)20(19-8-5-15-29-19)21(23)25-22(27)18-6-3-2-4-7-18/h2-10,12-13,15,20-21,28H,11,14,16H2,1H3,(H,25,27). The van der Waals surface area contributed by atoms with Crippen molar-refractivity contribution in [2.45, 2.75) is 37.6 Å². The summed E-state index contributed by atoms with van der Waals surface area (Å²) in [4.78, 5) is 20.5. The molecule has 0 saturated carbocycles. The fraction of sp³-hybridized carbons (Fsp3) is 0.304. The molecule has 1 amide bonds. The van der Waals surface area contributed by atoms with Crippen LogP contribution in [0, 0.1) is 0 Å². The first-order valence-corrected chi connectivity index (χ1v) is 10.7. The van der Waals surface area contributed by atoms with Gasteiger partial charge in [0.05, 0.1) is 17.7 Å². The summed E-state index contributed by atoms with van der Waals surface area (Å²) < 4.78 is 0. The first kappa shape index (κ1) is 19.8. The summed E-state index contributed by atoms with van der Waals surface area (Å²) in [6, 6.07) is 16.8. The topological polar surface area (TPSA) is 65.5 Å². The number of thiophene rings is 1. The lowest BCUT2D eigenvalue weighted by atomic mass is 9.81. The number of hydrogen-bond donors (Lipinski definition) is 2. The minimum absolute atomic E-state index is 0.112. The highest BCUT2D eigenvalue weighted by molar-refractivity contribution is 7.10. The Morgan fingerprint density at radius 1 is 1.21 bits per heavy atom. The van der Waals surface area contributed by atoms with Crippen LogP contribution in [0.25, 0.3) is 0 Å². The molecule has 1 aliphatic rings. The maximum atomic E-state index is 12.9. The molecule has 0 bridgehead atoms. The molecule has 3 unspecified atom stereocenters. The Kier molecular flexibility index (Phi) is 5.76. The van der Waals surface area contributed by atoms with Gasteiger partial charge in [-0.15, -0.1) is 11.3 Å². The number of hydrogen-bond acceptors (Lipinski definition) is 5. The number of nitrogens with one attached hydrogen (secondary N) is 1. The molecule has 0 spiro atoms. The van der Waals surface area contributed by atoms with Crippen molar-refractivity contribution in [1.29, 1.82) is 0 Å². The molecule has 3 atom stereocenters. The molecular formula is C23H25N3O2S. The molecule has 1 aromatic carbocycles. The van der Waals surface area contributed by atoms with Crippen LogP contribution in [0.4, 0.5) is 0 Å². The van der Waals surface area contributed by atoms with Crippen molar-refractivity contribution in [2.75, 3.05) is 6.54 Å². The van der Waals surface area contributed by atoms with E-state index in [-0.39, 0.29) is 11.9 Å². The van der Waals surface area contributed by atoms with Gasteiger partial charge in [-0.2, -0.15) is 0 Å². The monoisotopic (exact) mass is 407 g/mol. The first-order chi connectivity index (χ1) is 14.0. The molecule has 29 heavy (non-hydrogen) atoms. The molecule has 5 nitrogen and oxygen atoms in total. The van der Waals surface area contributed by atoms with E-state index in [4.69, 9.17) is 0 Å². The van der Waals surface area contributed by atoms with Gasteiger partial charge in [0.1, 0.15) is 0 Å². The minimum atomic E-state index is -1.01. The van der Waals surface area contributed by atoms with Gasteiger partial charge in [-0.1, -0.05) is 24.3 Å². The average molecular weight is 408 g/mol. The van der Waals surface area contributed by atoms with Crippen molar-refractivity contribution in [3.05, 3.63) is 88.4 Å². The second-order valence-electron chi connectivity index (χ2n) is 7.71. The summed E-state index contributed by atoms with van der Waals surface area (Å²) in [7, 11) is 0. The Labute approximate surface area is 175 Å². The summed E-state index contributed by atoms with van der Waals surface area (Å²) in [6.07, 6.45) is 4.17. The Hall–Kier alpha value is -2.54. The number of nitrogens with zero attached hydrogens (tertiary/aromatic N) is 2. The van der Waals surface area contributed by atoms with Crippen molar-refractivity contribution in [3.63, 3.8) is 0 Å². The molecule has 3 heterocycles. The Bertz CT molecular complexity index is 929. The number of aromatic nitrogens is 1. The highest BCUT2D eigenvalue weighted by Crippen LogP contribution is 2.39. The normalized spacial score (nSPS) is 24.9. The van der Waals surface area contributed by atoms with Crippen molar-refractivity contribution in [3.8, 4) is 0 Å². The largest absolute Gasteiger partial charge is 0.388 e. The molecule has 0 radical (unpaired) electrons. The van der Waals surface area contributed by atoms with E-state index in [1.165, 1.54) is 0 Å². The third-order valence-electron chi connectivity index (χ3n) is 5.58. The van der Waals surface area contributed by atoms with Crippen LogP contribution in [0.5, 0.6) is 0 Å². The molecule has 1 fully saturated rings. The summed E-state index contributed by atoms with van der Waals surface area (Å²) in [5.74, 6) is -0.164. The van der Waals surface area contributed by atoms with E-state index in [2.05, 4.69) is 21.3 Å². The maximum Gasteiger partial charge on any atom is 0.251 e. The number of pyridine rings is 1. The van der Waals surface area contributed by atoms with E-state index >= 15 is 0 Å². The summed E-state index contributed by atoms with van der Waals surface area (Å²) in [6.45, 7) is 3.31. The molecule has 2 N–H and O–H groups in total. The quantitative estimate of drug-likeness (QED) is 0.678. The predicted octanol–water partition coefficient (Wildman–Crippen LogP) is 3.64. The molecule has 3 aromatic rings. The summed E-state index contributed by atoms with van der Waals surface area (Å²) in [5.41, 5.74) is 0.754. The summed E-state index contributed by atoms with van der Waals surface area (Å²) in [5, 5.41) is 16.4. The number of benzene rings is 1. The van der Waals surface area contributed by atoms with Crippen LogP contribution in [0.1, 0.15) is 40.2 Å². The minimum Gasteiger partial charge on any atom is -0.388 e. The van der Waals surface area contributed by atoms with E-state index in [0.717, 1.165) is 23.5 Å². The van der Waals surface area contributed by atoms with Gasteiger partial charge in [0.25, 0.3) is 5.91 Å². The van der Waals surface area contributed by atoms with E-state index < -0.39 is 11.6 Å². The van der Waals surface area contributed by atoms with E-state index in [9.17, 15) is 9.90 Å². The van der Waals surface area contributed by atoms with Gasteiger partial charge in [0.2, 0.25) is 0 Å². The van der Waals surface area contributed by atoms with Crippen LogP contribution in [-0.2, 0) is 6.54 Å². The molecular weight excluding hydrogens is 382 g/mol. The number of aliphatic hydroxyl groups is 1. The van der Waals surface area contributed by atoms with Gasteiger partial charge in [-0.25, -0.2) is 0 Å². The molecule has 1 saturated heterocycles. The molecule has 0 aliphatic carbocycles. The van der Waals surface area contributed by atoms with Crippen LogP contribution in [0.15, 0.2) is 72.4 Å². The highest BCUT2D eigenvalue weighted by Gasteiger charge is 2.46. The Balaban J connectivity index is 1.66. The van der Waals surface area contributed by atoms with Gasteiger partial charge < -0.3 is 10.4 Å². The van der Waals surface area contributed by atoms with Crippen LogP contribution in [0.3, 0.4) is 0 Å². The van der Waals surface area contributed by atoms with Crippen LogP contribution in [0.2, 0.25) is 0 Å². The van der Waals surface area contributed by atoms with Crippen molar-refractivity contribution >= 4 is 17.2 Å². The van der Waals surface area contributed by atoms with Gasteiger partial charge in [-0.3, -0.25) is 14.7 Å². The molecule has 1 aliphatic heterocycles. The zero-order chi connectivity index (χ0) is 20.3. The fourth-order valence-electron chi connectivity index (χ4n) is 3.97. The Morgan fingerprint density at radius 2 is 1.97 bits per heavy atom. The number of carbonyl (C=O) groups excluding carboxylic acids is 1. The zero-order valence-corrected chi connectivity index (χ0v) is 17.2. The number of amides is 1. The van der Waals surface area contributed by atoms with Gasteiger partial charge >= 0.3 is 0 Å². The van der Waals surface area contributed by atoms with Crippen molar-refractivity contribution < 1.29 is 9.90 Å². The first-order valence-electron chi connectivity index (χ1n) is 9.79. The lowest BCUT2D eigenvalue weighted by molar-refractivity contribution is -0.0656. The third-order valence-corrected chi connectivity index (χ3v) is 6.52. The Morgan fingerprint density at radius 3 is 2.66 bits per heavy atom. The zero-order valence-electron chi connectivity index (χ0n) is 16.4. The van der Waals surface area contributed by atoms with E-state index in [1.54, 1.807) is 35.9 Å². The van der Waals surface area contributed by atoms with Crippen LogP contribution < -0.4 is 5.32 Å². The maximum absolute atomic E-state index is 12.9. The molecule has 150 valence electrons. The second kappa shape index (κ2) is 8.45. The third kappa shape index (κ3) is 4.40. The number of piperidine rings is 1. The average Bonchev–Trinajstić information content (AvgIpc) is 3.26. The van der Waals surface area contributed by atoms with Crippen LogP contribution >= 0.6 is 11.3 Å². The number of carbonyl (C=O) groups is 1. The lowest BCUT2D eigenvalue weighted by Gasteiger charge is -2.48. The fourth-order valence-corrected chi connectivity index (χ4v) is 4.86. The van der Waals surface area contributed by atoms with Crippen molar-refractivity contribution in [1.82, 2.24) is 15.2 Å². The SMILES string of the molecule is CC1(O)CCN(Cc2ccncc2)C(c2cccs2)C1NC(=O)c1ccccc1. The predicted molar refractivity (Wildman–Crippen MR) is 115 cm³/mol. The number of likely N-dealkylation sites (tertiary alicyclic amines) is 1. The molecule has 4 rings (SSSR count). The smallest absolute Gasteiger partial charge is 0.251 e. The van der Waals surface area contributed by atoms with Gasteiger partial charge in [0, 0.05) is 35.9 Å². The lowest BCUT2D eigenvalue weighted by Crippen LogP contribution is -2.62. The van der Waals surface area contributed by atoms with Gasteiger partial charge in [0.15, 0.2) is 0 Å².